The third-order valence-electron chi connectivity index (χ3n) is 5.65. The fourth-order valence-electron chi connectivity index (χ4n) is 3.74. The largest absolute Gasteiger partial charge is 0.490 e. The molecule has 1 N–H and O–H groups in total. The molecule has 190 valence electrons. The maximum atomic E-state index is 13.3. The number of hydrogen-bond donors (Lipinski definition) is 1. The Morgan fingerprint density at radius 2 is 1.73 bits per heavy atom. The van der Waals surface area contributed by atoms with Crippen LogP contribution in [0.25, 0.3) is 6.08 Å². The van der Waals surface area contributed by atoms with E-state index in [1.807, 2.05) is 45.0 Å². The Hall–Kier alpha value is -3.18. The molecule has 37 heavy (non-hydrogen) atoms. The number of amides is 4. The van der Waals surface area contributed by atoms with Crippen LogP contribution in [0.15, 0.2) is 64.6 Å². The Bertz CT molecular complexity index is 1420. The second kappa shape index (κ2) is 11.5. The molecule has 0 atom stereocenters. The number of ether oxygens (including phenoxy) is 2. The molecular weight excluding hydrogens is 651 g/mol. The first kappa shape index (κ1) is 26.9. The van der Waals surface area contributed by atoms with E-state index >= 15 is 0 Å². The first-order valence-corrected chi connectivity index (χ1v) is 13.4. The number of halogens is 2. The van der Waals surface area contributed by atoms with Crippen LogP contribution in [0.1, 0.15) is 29.2 Å². The molecule has 9 heteroatoms. The lowest BCUT2D eigenvalue weighted by atomic mass is 10.1. The predicted molar refractivity (Wildman–Crippen MR) is 154 cm³/mol. The smallest absolute Gasteiger partial charge is 0.335 e. The highest BCUT2D eigenvalue weighted by Gasteiger charge is 2.37. The zero-order chi connectivity index (χ0) is 26.7. The van der Waals surface area contributed by atoms with Gasteiger partial charge in [0, 0.05) is 4.47 Å². The van der Waals surface area contributed by atoms with Gasteiger partial charge in [0.05, 0.1) is 15.9 Å². The number of carbonyl (C=O) groups excluding carboxylic acids is 3. The van der Waals surface area contributed by atoms with Gasteiger partial charge < -0.3 is 9.47 Å². The van der Waals surface area contributed by atoms with Crippen molar-refractivity contribution in [2.75, 3.05) is 11.5 Å². The maximum absolute atomic E-state index is 13.3. The van der Waals surface area contributed by atoms with Crippen LogP contribution in [0.4, 0.5) is 10.5 Å². The molecular formula is C28H24BrIN2O5. The van der Waals surface area contributed by atoms with Crippen molar-refractivity contribution in [3.63, 3.8) is 0 Å². The second-order valence-corrected chi connectivity index (χ2v) is 10.4. The summed E-state index contributed by atoms with van der Waals surface area (Å²) in [5, 5.41) is 2.26. The highest BCUT2D eigenvalue weighted by atomic mass is 127. The number of nitrogens with zero attached hydrogens (tertiary/aromatic N) is 1. The molecule has 0 unspecified atom stereocenters. The van der Waals surface area contributed by atoms with Crippen LogP contribution in [0, 0.1) is 17.4 Å². The normalized spacial score (nSPS) is 14.7. The molecule has 1 fully saturated rings. The van der Waals surface area contributed by atoms with Crippen LogP contribution in [0.3, 0.4) is 0 Å². The van der Waals surface area contributed by atoms with Crippen LogP contribution < -0.4 is 19.7 Å². The summed E-state index contributed by atoms with van der Waals surface area (Å²) in [6, 6.07) is 15.9. The molecule has 4 rings (SSSR count). The summed E-state index contributed by atoms with van der Waals surface area (Å²) in [5.74, 6) is -0.392. The fraction of sp³-hybridized carbons (Fsp3) is 0.179. The van der Waals surface area contributed by atoms with Crippen molar-refractivity contribution >= 4 is 68.1 Å². The van der Waals surface area contributed by atoms with Gasteiger partial charge in [0.1, 0.15) is 12.2 Å². The average molecular weight is 675 g/mol. The van der Waals surface area contributed by atoms with Crippen molar-refractivity contribution in [3.05, 3.63) is 90.5 Å². The maximum Gasteiger partial charge on any atom is 0.335 e. The SMILES string of the molecule is CCOc1cc(/C=C2\C(=O)NC(=O)N(c3ccc(Br)c(C)c3)C2=O)cc(I)c1OCc1ccc(C)cc1. The Morgan fingerprint density at radius 3 is 2.41 bits per heavy atom. The topological polar surface area (TPSA) is 84.9 Å². The number of aryl methyl sites for hydroxylation is 2. The van der Waals surface area contributed by atoms with Gasteiger partial charge >= 0.3 is 6.03 Å². The number of anilines is 1. The summed E-state index contributed by atoms with van der Waals surface area (Å²) in [7, 11) is 0. The molecule has 0 aliphatic carbocycles. The quantitative estimate of drug-likeness (QED) is 0.180. The molecule has 1 aliphatic rings. The third kappa shape index (κ3) is 6.04. The number of urea groups is 1. The molecule has 0 aromatic heterocycles. The molecule has 3 aromatic carbocycles. The summed E-state index contributed by atoms with van der Waals surface area (Å²) in [5.41, 5.74) is 3.81. The lowest BCUT2D eigenvalue weighted by Crippen LogP contribution is -2.54. The number of imide groups is 2. The van der Waals surface area contributed by atoms with Gasteiger partial charge in [-0.05, 0) is 96.5 Å². The summed E-state index contributed by atoms with van der Waals surface area (Å²) in [6.07, 6.45) is 1.46. The summed E-state index contributed by atoms with van der Waals surface area (Å²) in [6.45, 7) is 6.51. The van der Waals surface area contributed by atoms with Gasteiger partial charge in [0.25, 0.3) is 11.8 Å². The van der Waals surface area contributed by atoms with Gasteiger partial charge in [-0.25, -0.2) is 9.69 Å². The van der Waals surface area contributed by atoms with Crippen molar-refractivity contribution in [1.29, 1.82) is 0 Å². The average Bonchev–Trinajstić information content (AvgIpc) is 2.84. The second-order valence-electron chi connectivity index (χ2n) is 8.43. The van der Waals surface area contributed by atoms with Crippen molar-refractivity contribution in [2.24, 2.45) is 0 Å². The number of benzene rings is 3. The van der Waals surface area contributed by atoms with Crippen molar-refractivity contribution in [3.8, 4) is 11.5 Å². The standard InChI is InChI=1S/C28H24BrIN2O5/c1-4-36-24-14-19(13-23(30)25(24)37-15-18-7-5-16(2)6-8-18)12-21-26(33)31-28(35)32(27(21)34)20-9-10-22(29)17(3)11-20/h5-14H,4,15H2,1-3H3,(H,31,33,35)/b21-12+. The van der Waals surface area contributed by atoms with Crippen LogP contribution in [0.2, 0.25) is 0 Å². The minimum absolute atomic E-state index is 0.160. The van der Waals surface area contributed by atoms with Gasteiger partial charge in [0.2, 0.25) is 0 Å². The van der Waals surface area contributed by atoms with Gasteiger partial charge in [-0.2, -0.15) is 0 Å². The fourth-order valence-corrected chi connectivity index (χ4v) is 4.77. The van der Waals surface area contributed by atoms with E-state index in [9.17, 15) is 14.4 Å². The first-order chi connectivity index (χ1) is 17.7. The van der Waals surface area contributed by atoms with Crippen LogP contribution >= 0.6 is 38.5 Å². The Kier molecular flexibility index (Phi) is 8.33. The molecule has 1 heterocycles. The minimum atomic E-state index is -0.793. The van der Waals surface area contributed by atoms with Gasteiger partial charge in [-0.15, -0.1) is 0 Å². The van der Waals surface area contributed by atoms with Crippen LogP contribution in [-0.2, 0) is 16.2 Å². The van der Waals surface area contributed by atoms with E-state index < -0.39 is 17.8 Å². The van der Waals surface area contributed by atoms with E-state index in [0.717, 1.165) is 24.1 Å². The summed E-state index contributed by atoms with van der Waals surface area (Å²) < 4.78 is 13.5. The highest BCUT2D eigenvalue weighted by molar-refractivity contribution is 14.1. The third-order valence-corrected chi connectivity index (χ3v) is 7.34. The molecule has 0 radical (unpaired) electrons. The lowest BCUT2D eigenvalue weighted by molar-refractivity contribution is -0.122. The molecule has 0 saturated carbocycles. The summed E-state index contributed by atoms with van der Waals surface area (Å²) in [4.78, 5) is 39.5. The monoisotopic (exact) mass is 674 g/mol. The molecule has 0 spiro atoms. The number of rotatable bonds is 7. The number of nitrogens with one attached hydrogen (secondary N) is 1. The Morgan fingerprint density at radius 1 is 1.00 bits per heavy atom. The molecule has 1 aliphatic heterocycles. The Labute approximate surface area is 237 Å². The zero-order valence-electron chi connectivity index (χ0n) is 20.4. The van der Waals surface area contributed by atoms with E-state index in [2.05, 4.69) is 43.8 Å². The zero-order valence-corrected chi connectivity index (χ0v) is 24.2. The van der Waals surface area contributed by atoms with Crippen LogP contribution in [0.5, 0.6) is 11.5 Å². The number of barbiturate groups is 1. The van der Waals surface area contributed by atoms with E-state index in [-0.39, 0.29) is 5.57 Å². The van der Waals surface area contributed by atoms with Gasteiger partial charge in [-0.3, -0.25) is 14.9 Å². The molecule has 4 amide bonds. The highest BCUT2D eigenvalue weighted by Crippen LogP contribution is 2.36. The molecule has 3 aromatic rings. The van der Waals surface area contributed by atoms with Crippen molar-refractivity contribution in [1.82, 2.24) is 5.32 Å². The van der Waals surface area contributed by atoms with E-state index in [1.54, 1.807) is 30.3 Å². The molecule has 7 nitrogen and oxygen atoms in total. The van der Waals surface area contributed by atoms with E-state index in [1.165, 1.54) is 11.6 Å². The first-order valence-electron chi connectivity index (χ1n) is 11.5. The van der Waals surface area contributed by atoms with Crippen molar-refractivity contribution < 1.29 is 23.9 Å². The van der Waals surface area contributed by atoms with Gasteiger partial charge in [0.15, 0.2) is 11.5 Å². The van der Waals surface area contributed by atoms with Gasteiger partial charge in [-0.1, -0.05) is 45.8 Å². The minimum Gasteiger partial charge on any atom is -0.490 e. The summed E-state index contributed by atoms with van der Waals surface area (Å²) >= 11 is 5.55. The molecule has 0 bridgehead atoms. The Balaban J connectivity index is 1.66. The molecule has 1 saturated heterocycles. The van der Waals surface area contributed by atoms with E-state index in [4.69, 9.17) is 9.47 Å². The van der Waals surface area contributed by atoms with E-state index in [0.29, 0.717) is 36.0 Å². The predicted octanol–water partition coefficient (Wildman–Crippen LogP) is 6.31. The van der Waals surface area contributed by atoms with Crippen molar-refractivity contribution in [2.45, 2.75) is 27.4 Å². The van der Waals surface area contributed by atoms with Crippen LogP contribution in [-0.4, -0.2) is 24.5 Å². The number of hydrogen-bond acceptors (Lipinski definition) is 5. The lowest BCUT2D eigenvalue weighted by Gasteiger charge is -2.26. The number of carbonyl (C=O) groups is 3.